The van der Waals surface area contributed by atoms with Gasteiger partial charge in [0.05, 0.1) is 0 Å². The van der Waals surface area contributed by atoms with Gasteiger partial charge in [0.25, 0.3) is 5.56 Å². The van der Waals surface area contributed by atoms with Gasteiger partial charge in [-0.15, -0.1) is 0 Å². The molecule has 2 N–H and O–H groups in total. The van der Waals surface area contributed by atoms with Crippen molar-refractivity contribution in [2.75, 3.05) is 5.32 Å². The lowest BCUT2D eigenvalue weighted by Gasteiger charge is -2.14. The van der Waals surface area contributed by atoms with E-state index in [0.29, 0.717) is 30.1 Å². The summed E-state index contributed by atoms with van der Waals surface area (Å²) in [5.41, 5.74) is 1.75. The molecule has 0 saturated carbocycles. The van der Waals surface area contributed by atoms with E-state index in [2.05, 4.69) is 15.3 Å². The van der Waals surface area contributed by atoms with Crippen LogP contribution >= 0.6 is 0 Å². The van der Waals surface area contributed by atoms with Crippen molar-refractivity contribution in [2.24, 2.45) is 7.05 Å². The van der Waals surface area contributed by atoms with Crippen LogP contribution in [0.5, 0.6) is 0 Å². The molecule has 1 aromatic carbocycles. The van der Waals surface area contributed by atoms with Crippen LogP contribution in [0.4, 0.5) is 5.95 Å². The maximum Gasteiger partial charge on any atom is 0.280 e. The highest BCUT2D eigenvalue weighted by Crippen LogP contribution is 2.15. The van der Waals surface area contributed by atoms with Gasteiger partial charge >= 0.3 is 0 Å². The molecular formula is C17H21N5O2. The highest BCUT2D eigenvalue weighted by Gasteiger charge is 2.17. The van der Waals surface area contributed by atoms with Crippen LogP contribution in [0.15, 0.2) is 35.1 Å². The molecule has 0 aliphatic rings. The Hall–Kier alpha value is -2.67. The van der Waals surface area contributed by atoms with Gasteiger partial charge in [-0.25, -0.2) is 4.98 Å². The number of fused-ring (bicyclic) bond motifs is 1. The van der Waals surface area contributed by atoms with E-state index in [0.717, 1.165) is 11.4 Å². The molecule has 7 nitrogen and oxygen atoms in total. The molecule has 0 spiro atoms. The average Bonchev–Trinajstić information content (AvgIpc) is 2.89. The number of benzene rings is 1. The van der Waals surface area contributed by atoms with Crippen LogP contribution in [0.3, 0.4) is 0 Å². The normalized spacial score (nSPS) is 12.5. The van der Waals surface area contributed by atoms with Crippen molar-refractivity contribution in [1.29, 1.82) is 0 Å². The van der Waals surface area contributed by atoms with Crippen LogP contribution in [0.2, 0.25) is 0 Å². The quantitative estimate of drug-likeness (QED) is 0.696. The molecule has 1 atom stereocenters. The minimum atomic E-state index is -0.756. The van der Waals surface area contributed by atoms with E-state index in [1.807, 2.05) is 48.7 Å². The zero-order chi connectivity index (χ0) is 17.3. The van der Waals surface area contributed by atoms with Crippen molar-refractivity contribution in [3.8, 4) is 0 Å². The van der Waals surface area contributed by atoms with Crippen molar-refractivity contribution < 1.29 is 5.11 Å². The van der Waals surface area contributed by atoms with Gasteiger partial charge < -0.3 is 15.0 Å². The molecule has 2 aromatic heterocycles. The number of hydrogen-bond acceptors (Lipinski definition) is 5. The van der Waals surface area contributed by atoms with Gasteiger partial charge in [0.1, 0.15) is 12.1 Å². The number of hydrogen-bond donors (Lipinski definition) is 2. The summed E-state index contributed by atoms with van der Waals surface area (Å²) in [6.45, 7) is 4.26. The van der Waals surface area contributed by atoms with Crippen LogP contribution in [0.25, 0.3) is 11.2 Å². The molecule has 0 amide bonds. The smallest absolute Gasteiger partial charge is 0.280 e. The number of aliphatic hydroxyl groups excluding tert-OH is 1. The molecule has 3 aromatic rings. The third kappa shape index (κ3) is 2.90. The molecule has 0 aliphatic heterocycles. The van der Waals surface area contributed by atoms with Gasteiger partial charge in [0.2, 0.25) is 5.95 Å². The number of nitrogens with one attached hydrogen (secondary N) is 1. The maximum atomic E-state index is 12.8. The lowest BCUT2D eigenvalue weighted by molar-refractivity contribution is 0.198. The number of aromatic nitrogens is 4. The van der Waals surface area contributed by atoms with Crippen LogP contribution in [-0.4, -0.2) is 30.4 Å². The van der Waals surface area contributed by atoms with Gasteiger partial charge in [-0.2, -0.15) is 4.98 Å². The van der Waals surface area contributed by atoms with E-state index in [1.54, 1.807) is 7.05 Å². The summed E-state index contributed by atoms with van der Waals surface area (Å²) in [7, 11) is 1.63. The van der Waals surface area contributed by atoms with Crippen LogP contribution in [-0.2, 0) is 13.6 Å². The van der Waals surface area contributed by atoms with Gasteiger partial charge in [0.15, 0.2) is 11.2 Å². The highest BCUT2D eigenvalue weighted by atomic mass is 16.3. The average molecular weight is 327 g/mol. The Balaban J connectivity index is 2.11. The van der Waals surface area contributed by atoms with Crippen LogP contribution in [0, 0.1) is 6.92 Å². The number of nitrogens with zero attached hydrogens (tertiary/aromatic N) is 4. The Morgan fingerprint density at radius 3 is 2.62 bits per heavy atom. The fourth-order valence-electron chi connectivity index (χ4n) is 2.61. The number of aliphatic hydroxyl groups is 1. The first kappa shape index (κ1) is 16.2. The van der Waals surface area contributed by atoms with E-state index in [4.69, 9.17) is 0 Å². The lowest BCUT2D eigenvalue weighted by atomic mass is 10.2. The number of rotatable bonds is 5. The number of aryl methyl sites for hydroxylation is 1. The predicted octanol–water partition coefficient (Wildman–Crippen LogP) is 1.63. The second-order valence-electron chi connectivity index (χ2n) is 5.77. The molecule has 0 aliphatic carbocycles. The maximum absolute atomic E-state index is 12.8. The van der Waals surface area contributed by atoms with Gasteiger partial charge in [-0.3, -0.25) is 9.36 Å². The van der Waals surface area contributed by atoms with E-state index in [9.17, 15) is 9.90 Å². The van der Waals surface area contributed by atoms with Crippen molar-refractivity contribution in [2.45, 2.75) is 33.0 Å². The number of anilines is 1. The third-order valence-corrected chi connectivity index (χ3v) is 4.04. The van der Waals surface area contributed by atoms with Gasteiger partial charge in [-0.1, -0.05) is 37.3 Å². The van der Waals surface area contributed by atoms with E-state index >= 15 is 0 Å². The molecule has 1 unspecified atom stereocenters. The Bertz CT molecular complexity index is 914. The molecule has 7 heteroatoms. The molecule has 0 bridgehead atoms. The van der Waals surface area contributed by atoms with Gasteiger partial charge in [-0.05, 0) is 18.9 Å². The fourth-order valence-corrected chi connectivity index (χ4v) is 2.61. The number of imidazole rings is 1. The summed E-state index contributed by atoms with van der Waals surface area (Å²) < 4.78 is 3.28. The second-order valence-corrected chi connectivity index (χ2v) is 5.77. The standard InChI is InChI=1S/C17H21N5O2/c1-4-13(23)19-17-20-15-14(16(24)21(17)3)22(11(2)18-15)10-12-8-6-5-7-9-12/h5-9,13,23H,4,10H2,1-3H3,(H,19,20). The summed E-state index contributed by atoms with van der Waals surface area (Å²) in [5, 5.41) is 12.6. The molecule has 3 rings (SSSR count). The molecule has 0 saturated heterocycles. The van der Waals surface area contributed by atoms with E-state index in [-0.39, 0.29) is 5.56 Å². The summed E-state index contributed by atoms with van der Waals surface area (Å²) in [6, 6.07) is 9.91. The molecule has 0 radical (unpaired) electrons. The monoisotopic (exact) mass is 327 g/mol. The molecule has 0 fully saturated rings. The Labute approximate surface area is 139 Å². The third-order valence-electron chi connectivity index (χ3n) is 4.04. The van der Waals surface area contributed by atoms with E-state index in [1.165, 1.54) is 4.57 Å². The predicted molar refractivity (Wildman–Crippen MR) is 93.0 cm³/mol. The summed E-state index contributed by atoms with van der Waals surface area (Å²) in [6.07, 6.45) is -0.247. The van der Waals surface area contributed by atoms with Crippen molar-refractivity contribution >= 4 is 17.1 Å². The van der Waals surface area contributed by atoms with Gasteiger partial charge in [0, 0.05) is 13.6 Å². The van der Waals surface area contributed by atoms with Crippen LogP contribution in [0.1, 0.15) is 24.7 Å². The Morgan fingerprint density at radius 2 is 1.96 bits per heavy atom. The highest BCUT2D eigenvalue weighted by molar-refractivity contribution is 5.72. The lowest BCUT2D eigenvalue weighted by Crippen LogP contribution is -2.28. The van der Waals surface area contributed by atoms with Crippen LogP contribution < -0.4 is 10.9 Å². The molecule has 24 heavy (non-hydrogen) atoms. The first-order valence-electron chi connectivity index (χ1n) is 7.93. The largest absolute Gasteiger partial charge is 0.374 e. The summed E-state index contributed by atoms with van der Waals surface area (Å²) in [5.74, 6) is 1.04. The Morgan fingerprint density at radius 1 is 1.25 bits per heavy atom. The van der Waals surface area contributed by atoms with Crippen molar-refractivity contribution in [3.63, 3.8) is 0 Å². The fraction of sp³-hybridized carbons (Fsp3) is 0.353. The van der Waals surface area contributed by atoms with Crippen molar-refractivity contribution in [3.05, 3.63) is 52.1 Å². The summed E-state index contributed by atoms with van der Waals surface area (Å²) in [4.78, 5) is 21.6. The summed E-state index contributed by atoms with van der Waals surface area (Å²) >= 11 is 0. The van der Waals surface area contributed by atoms with E-state index < -0.39 is 6.23 Å². The SMILES string of the molecule is CCC(O)Nc1nc2nc(C)n(Cc3ccccc3)c2c(=O)n1C. The topological polar surface area (TPSA) is 85.0 Å². The first-order valence-corrected chi connectivity index (χ1v) is 7.93. The zero-order valence-corrected chi connectivity index (χ0v) is 14.0. The first-order chi connectivity index (χ1) is 11.5. The molecule has 126 valence electrons. The minimum absolute atomic E-state index is 0.192. The van der Waals surface area contributed by atoms with Crippen molar-refractivity contribution in [1.82, 2.24) is 19.1 Å². The minimum Gasteiger partial charge on any atom is -0.374 e. The zero-order valence-electron chi connectivity index (χ0n) is 14.0. The molecule has 2 heterocycles. The Kier molecular flexibility index (Phi) is 4.35. The second kappa shape index (κ2) is 6.45. The molecular weight excluding hydrogens is 306 g/mol.